The first kappa shape index (κ1) is 10.4. The van der Waals surface area contributed by atoms with Crippen molar-refractivity contribution in [3.8, 4) is 11.3 Å². The Hall–Kier alpha value is -2.16. The molecule has 80 valence electrons. The van der Waals surface area contributed by atoms with Gasteiger partial charge < -0.3 is 5.73 Å². The molecule has 1 aromatic heterocycles. The van der Waals surface area contributed by atoms with Crippen LogP contribution in [0.25, 0.3) is 11.3 Å². The van der Waals surface area contributed by atoms with Gasteiger partial charge in [-0.15, -0.1) is 0 Å². The highest BCUT2D eigenvalue weighted by Gasteiger charge is 2.07. The second kappa shape index (κ2) is 4.14. The smallest absolute Gasteiger partial charge is 0.163 e. The molecule has 0 bridgehead atoms. The van der Waals surface area contributed by atoms with Gasteiger partial charge in [0.2, 0.25) is 0 Å². The molecule has 0 aliphatic rings. The Balaban J connectivity index is 2.46. The first-order valence-corrected chi connectivity index (χ1v) is 5.01. The Labute approximate surface area is 93.9 Å². The number of ketones is 1. The summed E-state index contributed by atoms with van der Waals surface area (Å²) in [5.74, 6) is 0.221. The summed E-state index contributed by atoms with van der Waals surface area (Å²) < 4.78 is 0. The number of rotatable bonds is 2. The van der Waals surface area contributed by atoms with Gasteiger partial charge in [0.25, 0.3) is 0 Å². The number of nitrogens with two attached hydrogens (primary N) is 1. The lowest BCUT2D eigenvalue weighted by Crippen LogP contribution is -2.02. The normalized spacial score (nSPS) is 10.1. The molecule has 0 saturated heterocycles. The highest BCUT2D eigenvalue weighted by molar-refractivity contribution is 5.98. The van der Waals surface area contributed by atoms with E-state index >= 15 is 0 Å². The highest BCUT2D eigenvalue weighted by Crippen LogP contribution is 2.20. The van der Waals surface area contributed by atoms with Gasteiger partial charge in [0, 0.05) is 5.56 Å². The van der Waals surface area contributed by atoms with E-state index in [1.807, 2.05) is 36.4 Å². The Bertz CT molecular complexity index is 521. The Morgan fingerprint density at radius 2 is 1.81 bits per heavy atom. The molecule has 0 unspecified atom stereocenters. The molecule has 2 N–H and O–H groups in total. The molecule has 0 aliphatic carbocycles. The van der Waals surface area contributed by atoms with Gasteiger partial charge in [0.1, 0.15) is 5.82 Å². The third-order valence-electron chi connectivity index (χ3n) is 2.37. The van der Waals surface area contributed by atoms with Crippen molar-refractivity contribution in [2.24, 2.45) is 0 Å². The van der Waals surface area contributed by atoms with Gasteiger partial charge in [0.15, 0.2) is 5.78 Å². The summed E-state index contributed by atoms with van der Waals surface area (Å²) >= 11 is 0. The number of nitrogens with zero attached hydrogens (tertiary/aromatic N) is 1. The van der Waals surface area contributed by atoms with E-state index in [1.54, 1.807) is 6.07 Å². The van der Waals surface area contributed by atoms with Crippen LogP contribution in [0.15, 0.2) is 42.5 Å². The zero-order valence-corrected chi connectivity index (χ0v) is 8.97. The zero-order chi connectivity index (χ0) is 11.5. The third-order valence-corrected chi connectivity index (χ3v) is 2.37. The van der Waals surface area contributed by atoms with Gasteiger partial charge in [-0.25, -0.2) is 4.98 Å². The molecule has 0 aliphatic heterocycles. The van der Waals surface area contributed by atoms with Crippen LogP contribution >= 0.6 is 0 Å². The number of hydrogen-bond acceptors (Lipinski definition) is 3. The molecule has 1 heterocycles. The lowest BCUT2D eigenvalue weighted by molar-refractivity contribution is 0.101. The van der Waals surface area contributed by atoms with Crippen LogP contribution in [-0.4, -0.2) is 10.8 Å². The topological polar surface area (TPSA) is 56.0 Å². The summed E-state index contributed by atoms with van der Waals surface area (Å²) in [5, 5.41) is 0. The van der Waals surface area contributed by atoms with Crippen molar-refractivity contribution in [1.82, 2.24) is 4.98 Å². The fourth-order valence-corrected chi connectivity index (χ4v) is 1.54. The van der Waals surface area contributed by atoms with E-state index in [-0.39, 0.29) is 11.6 Å². The van der Waals surface area contributed by atoms with Crippen LogP contribution in [0.5, 0.6) is 0 Å². The van der Waals surface area contributed by atoms with Crippen LogP contribution in [0.3, 0.4) is 0 Å². The summed E-state index contributed by atoms with van der Waals surface area (Å²) in [7, 11) is 0. The zero-order valence-electron chi connectivity index (χ0n) is 8.97. The van der Waals surface area contributed by atoms with Crippen molar-refractivity contribution in [1.29, 1.82) is 0 Å². The molecular weight excluding hydrogens is 200 g/mol. The predicted octanol–water partition coefficient (Wildman–Crippen LogP) is 2.53. The first-order chi connectivity index (χ1) is 7.68. The number of anilines is 1. The Kier molecular flexibility index (Phi) is 2.68. The molecule has 0 radical (unpaired) electrons. The van der Waals surface area contributed by atoms with Crippen LogP contribution in [-0.2, 0) is 0 Å². The van der Waals surface area contributed by atoms with Crippen molar-refractivity contribution in [3.05, 3.63) is 48.0 Å². The van der Waals surface area contributed by atoms with E-state index in [0.717, 1.165) is 11.3 Å². The molecule has 3 heteroatoms. The molecule has 0 spiro atoms. The van der Waals surface area contributed by atoms with Crippen LogP contribution < -0.4 is 5.73 Å². The molecule has 0 atom stereocenters. The van der Waals surface area contributed by atoms with Gasteiger partial charge >= 0.3 is 0 Å². The van der Waals surface area contributed by atoms with Gasteiger partial charge in [-0.2, -0.15) is 0 Å². The molecule has 2 rings (SSSR count). The monoisotopic (exact) mass is 212 g/mol. The van der Waals surface area contributed by atoms with Crippen molar-refractivity contribution in [2.45, 2.75) is 6.92 Å². The minimum atomic E-state index is -0.0652. The number of nitrogen functional groups attached to an aromatic ring is 1. The van der Waals surface area contributed by atoms with Crippen molar-refractivity contribution in [3.63, 3.8) is 0 Å². The summed E-state index contributed by atoms with van der Waals surface area (Å²) in [5.41, 5.74) is 7.97. The second-order valence-electron chi connectivity index (χ2n) is 3.55. The third kappa shape index (κ3) is 1.93. The summed E-state index contributed by atoms with van der Waals surface area (Å²) in [4.78, 5) is 15.4. The predicted molar refractivity (Wildman–Crippen MR) is 64.1 cm³/mol. The molecule has 3 nitrogen and oxygen atoms in total. The molecule has 16 heavy (non-hydrogen) atoms. The maximum absolute atomic E-state index is 11.2. The summed E-state index contributed by atoms with van der Waals surface area (Å²) in [6.45, 7) is 1.48. The van der Waals surface area contributed by atoms with Crippen LogP contribution in [0.1, 0.15) is 17.3 Å². The van der Waals surface area contributed by atoms with Gasteiger partial charge in [-0.1, -0.05) is 30.3 Å². The average molecular weight is 212 g/mol. The largest absolute Gasteiger partial charge is 0.383 e. The highest BCUT2D eigenvalue weighted by atomic mass is 16.1. The van der Waals surface area contributed by atoms with Gasteiger partial charge in [-0.05, 0) is 19.1 Å². The molecule has 2 aromatic rings. The van der Waals surface area contributed by atoms with E-state index in [2.05, 4.69) is 4.98 Å². The quantitative estimate of drug-likeness (QED) is 0.778. The average Bonchev–Trinajstić information content (AvgIpc) is 2.29. The van der Waals surface area contributed by atoms with Crippen molar-refractivity contribution in [2.75, 3.05) is 5.73 Å². The lowest BCUT2D eigenvalue weighted by atomic mass is 10.1. The number of aromatic nitrogens is 1. The number of hydrogen-bond donors (Lipinski definition) is 1. The SMILES string of the molecule is CC(=O)c1ccc(-c2ccccc2)nc1N. The minimum Gasteiger partial charge on any atom is -0.383 e. The van der Waals surface area contributed by atoms with E-state index in [0.29, 0.717) is 5.56 Å². The minimum absolute atomic E-state index is 0.0652. The Morgan fingerprint density at radius 1 is 1.12 bits per heavy atom. The molecule has 0 saturated carbocycles. The van der Waals surface area contributed by atoms with E-state index in [4.69, 9.17) is 5.73 Å². The standard InChI is InChI=1S/C13H12N2O/c1-9(16)11-7-8-12(15-13(11)14)10-5-3-2-4-6-10/h2-8H,1H3,(H2,14,15). The van der Waals surface area contributed by atoms with Crippen molar-refractivity contribution >= 4 is 11.6 Å². The maximum atomic E-state index is 11.2. The van der Waals surface area contributed by atoms with Gasteiger partial charge in [-0.3, -0.25) is 4.79 Å². The molecule has 0 amide bonds. The Morgan fingerprint density at radius 3 is 2.38 bits per heavy atom. The number of pyridine rings is 1. The van der Waals surface area contributed by atoms with Crippen LogP contribution in [0.2, 0.25) is 0 Å². The molecule has 0 fully saturated rings. The second-order valence-corrected chi connectivity index (χ2v) is 3.55. The molecule has 1 aromatic carbocycles. The summed E-state index contributed by atoms with van der Waals surface area (Å²) in [6, 6.07) is 13.2. The fraction of sp³-hybridized carbons (Fsp3) is 0.0769. The van der Waals surface area contributed by atoms with E-state index < -0.39 is 0 Å². The number of benzene rings is 1. The summed E-state index contributed by atoms with van der Waals surface area (Å²) in [6.07, 6.45) is 0. The van der Waals surface area contributed by atoms with Crippen molar-refractivity contribution < 1.29 is 4.79 Å². The molecular formula is C13H12N2O. The lowest BCUT2D eigenvalue weighted by Gasteiger charge is -2.04. The number of carbonyl (C=O) groups is 1. The van der Waals surface area contributed by atoms with E-state index in [1.165, 1.54) is 6.92 Å². The number of Topliss-reactive ketones (excluding diaryl/α,β-unsaturated/α-hetero) is 1. The number of carbonyl (C=O) groups excluding carboxylic acids is 1. The van der Waals surface area contributed by atoms with Gasteiger partial charge in [0.05, 0.1) is 11.3 Å². The van der Waals surface area contributed by atoms with E-state index in [9.17, 15) is 4.79 Å². The first-order valence-electron chi connectivity index (χ1n) is 5.01. The fourth-order valence-electron chi connectivity index (χ4n) is 1.54. The van der Waals surface area contributed by atoms with Crippen LogP contribution in [0, 0.1) is 0 Å². The van der Waals surface area contributed by atoms with Crippen LogP contribution in [0.4, 0.5) is 5.82 Å². The maximum Gasteiger partial charge on any atom is 0.163 e.